The lowest BCUT2D eigenvalue weighted by Crippen LogP contribution is -2.32. The third kappa shape index (κ3) is 4.83. The first-order valence-corrected chi connectivity index (χ1v) is 7.41. The van der Waals surface area contributed by atoms with Gasteiger partial charge in [0.05, 0.1) is 6.10 Å². The fourth-order valence-corrected chi connectivity index (χ4v) is 1.79. The minimum absolute atomic E-state index is 0.0402. The van der Waals surface area contributed by atoms with Gasteiger partial charge >= 0.3 is 6.01 Å². The lowest BCUT2D eigenvalue weighted by molar-refractivity contribution is 0.222. The quantitative estimate of drug-likeness (QED) is 0.790. The van der Waals surface area contributed by atoms with Crippen LogP contribution in [0.5, 0.6) is 6.01 Å². The highest BCUT2D eigenvalue weighted by molar-refractivity contribution is 5.39. The second kappa shape index (κ2) is 7.87. The van der Waals surface area contributed by atoms with Crippen molar-refractivity contribution in [2.24, 2.45) is 0 Å². The van der Waals surface area contributed by atoms with Crippen LogP contribution in [0.2, 0.25) is 0 Å². The monoisotopic (exact) mass is 281 g/mol. The molecule has 0 aromatic carbocycles. The van der Waals surface area contributed by atoms with Crippen molar-refractivity contribution in [3.63, 3.8) is 0 Å². The number of nitrogens with one attached hydrogen (secondary N) is 1. The molecule has 0 saturated heterocycles. The highest BCUT2D eigenvalue weighted by Crippen LogP contribution is 2.17. The number of rotatable bonds is 8. The van der Waals surface area contributed by atoms with Crippen molar-refractivity contribution in [3.05, 3.63) is 0 Å². The van der Waals surface area contributed by atoms with Crippen LogP contribution >= 0.6 is 0 Å². The van der Waals surface area contributed by atoms with Crippen molar-refractivity contribution in [1.82, 2.24) is 15.0 Å². The summed E-state index contributed by atoms with van der Waals surface area (Å²) in [6.45, 7) is 14.0. The molecule has 0 radical (unpaired) electrons. The zero-order chi connectivity index (χ0) is 15.1. The number of nitrogens with zero attached hydrogens (tertiary/aromatic N) is 4. The molecule has 0 aliphatic heterocycles. The van der Waals surface area contributed by atoms with Crippen LogP contribution in [0.3, 0.4) is 0 Å². The minimum atomic E-state index is 0.0402. The van der Waals surface area contributed by atoms with Gasteiger partial charge in [0, 0.05) is 19.1 Å². The molecule has 0 aliphatic rings. The van der Waals surface area contributed by atoms with E-state index in [-0.39, 0.29) is 6.10 Å². The normalized spacial score (nSPS) is 11.0. The molecule has 0 bridgehead atoms. The molecule has 20 heavy (non-hydrogen) atoms. The second-order valence-corrected chi connectivity index (χ2v) is 5.21. The van der Waals surface area contributed by atoms with E-state index < -0.39 is 0 Å². The Hall–Kier alpha value is -1.59. The molecule has 1 aromatic rings. The zero-order valence-corrected chi connectivity index (χ0v) is 13.5. The van der Waals surface area contributed by atoms with Crippen molar-refractivity contribution in [2.45, 2.75) is 60.1 Å². The molecule has 0 amide bonds. The van der Waals surface area contributed by atoms with Gasteiger partial charge in [0.25, 0.3) is 0 Å². The van der Waals surface area contributed by atoms with Gasteiger partial charge in [-0.05, 0) is 41.0 Å². The molecule has 114 valence electrons. The molecule has 1 rings (SSSR count). The second-order valence-electron chi connectivity index (χ2n) is 5.21. The molecule has 0 unspecified atom stereocenters. The Bertz CT molecular complexity index is 409. The van der Waals surface area contributed by atoms with Crippen molar-refractivity contribution in [2.75, 3.05) is 23.3 Å². The average molecular weight is 281 g/mol. The molecule has 1 N–H and O–H groups in total. The molecule has 0 atom stereocenters. The van der Waals surface area contributed by atoms with E-state index in [1.54, 1.807) is 0 Å². The molecule has 0 saturated carbocycles. The Balaban J connectivity index is 3.07. The maximum atomic E-state index is 5.62. The number of anilines is 2. The van der Waals surface area contributed by atoms with Crippen LogP contribution in [0.15, 0.2) is 0 Å². The standard InChI is InChI=1S/C14H27N5O/c1-7-9-15-12-16-13(19(8-2)10(3)4)18-14(17-12)20-11(5)6/h10-11H,7-9H2,1-6H3,(H,15,16,17,18). The van der Waals surface area contributed by atoms with Gasteiger partial charge in [-0.1, -0.05) is 6.92 Å². The van der Waals surface area contributed by atoms with E-state index in [2.05, 4.69) is 52.9 Å². The van der Waals surface area contributed by atoms with Crippen molar-refractivity contribution in [1.29, 1.82) is 0 Å². The predicted octanol–water partition coefficient (Wildman–Crippen LogP) is 2.72. The summed E-state index contributed by atoms with van der Waals surface area (Å²) in [6, 6.07) is 0.705. The average Bonchev–Trinajstić information content (AvgIpc) is 2.35. The van der Waals surface area contributed by atoms with Gasteiger partial charge in [-0.25, -0.2) is 0 Å². The van der Waals surface area contributed by atoms with Gasteiger partial charge in [-0.3, -0.25) is 0 Å². The molecular weight excluding hydrogens is 254 g/mol. The Morgan fingerprint density at radius 1 is 1.10 bits per heavy atom. The SMILES string of the molecule is CCCNc1nc(OC(C)C)nc(N(CC)C(C)C)n1. The summed E-state index contributed by atoms with van der Waals surface area (Å²) >= 11 is 0. The smallest absolute Gasteiger partial charge is 0.323 e. The Kier molecular flexibility index (Phi) is 6.48. The number of hydrogen-bond acceptors (Lipinski definition) is 6. The molecule has 0 spiro atoms. The summed E-state index contributed by atoms with van der Waals surface area (Å²) in [5.74, 6) is 1.23. The van der Waals surface area contributed by atoms with E-state index in [4.69, 9.17) is 4.74 Å². The van der Waals surface area contributed by atoms with Crippen LogP contribution in [0.4, 0.5) is 11.9 Å². The van der Waals surface area contributed by atoms with Gasteiger partial charge < -0.3 is 15.0 Å². The summed E-state index contributed by atoms with van der Waals surface area (Å²) in [5.41, 5.74) is 0. The number of ether oxygens (including phenoxy) is 1. The third-order valence-corrected chi connectivity index (χ3v) is 2.70. The van der Waals surface area contributed by atoms with Gasteiger partial charge in [-0.15, -0.1) is 0 Å². The van der Waals surface area contributed by atoms with Crippen LogP contribution < -0.4 is 15.0 Å². The van der Waals surface area contributed by atoms with E-state index in [1.807, 2.05) is 13.8 Å². The predicted molar refractivity (Wildman–Crippen MR) is 82.5 cm³/mol. The Morgan fingerprint density at radius 2 is 1.80 bits per heavy atom. The molecule has 1 aromatic heterocycles. The first-order chi connectivity index (χ1) is 9.47. The lowest BCUT2D eigenvalue weighted by Gasteiger charge is -2.25. The van der Waals surface area contributed by atoms with Gasteiger partial charge in [0.1, 0.15) is 0 Å². The van der Waals surface area contributed by atoms with Crippen LogP contribution in [0, 0.1) is 0 Å². The minimum Gasteiger partial charge on any atom is -0.461 e. The van der Waals surface area contributed by atoms with E-state index in [9.17, 15) is 0 Å². The first kappa shape index (κ1) is 16.5. The van der Waals surface area contributed by atoms with E-state index in [0.717, 1.165) is 19.5 Å². The highest BCUT2D eigenvalue weighted by atomic mass is 16.5. The number of hydrogen-bond donors (Lipinski definition) is 1. The fourth-order valence-electron chi connectivity index (χ4n) is 1.79. The maximum Gasteiger partial charge on any atom is 0.323 e. The van der Waals surface area contributed by atoms with E-state index >= 15 is 0 Å². The lowest BCUT2D eigenvalue weighted by atomic mass is 10.3. The third-order valence-electron chi connectivity index (χ3n) is 2.70. The Labute approximate surface area is 122 Å². The van der Waals surface area contributed by atoms with Crippen molar-refractivity contribution < 1.29 is 4.74 Å². The van der Waals surface area contributed by atoms with Gasteiger partial charge in [-0.2, -0.15) is 15.0 Å². The maximum absolute atomic E-state index is 5.62. The summed E-state index contributed by atoms with van der Waals surface area (Å²) in [7, 11) is 0. The summed E-state index contributed by atoms with van der Waals surface area (Å²) in [4.78, 5) is 15.3. The van der Waals surface area contributed by atoms with E-state index in [1.165, 1.54) is 0 Å². The van der Waals surface area contributed by atoms with Crippen LogP contribution in [0.1, 0.15) is 48.0 Å². The van der Waals surface area contributed by atoms with Crippen LogP contribution in [-0.2, 0) is 0 Å². The zero-order valence-electron chi connectivity index (χ0n) is 13.5. The largest absolute Gasteiger partial charge is 0.461 e. The summed E-state index contributed by atoms with van der Waals surface area (Å²) in [5, 5.41) is 3.20. The van der Waals surface area contributed by atoms with Crippen LogP contribution in [0.25, 0.3) is 0 Å². The topological polar surface area (TPSA) is 63.2 Å². The van der Waals surface area contributed by atoms with Crippen molar-refractivity contribution >= 4 is 11.9 Å². The molecular formula is C14H27N5O. The van der Waals surface area contributed by atoms with Crippen LogP contribution in [-0.4, -0.2) is 40.2 Å². The highest BCUT2D eigenvalue weighted by Gasteiger charge is 2.16. The van der Waals surface area contributed by atoms with Gasteiger partial charge in [0.2, 0.25) is 11.9 Å². The van der Waals surface area contributed by atoms with Gasteiger partial charge in [0.15, 0.2) is 0 Å². The molecule has 0 aliphatic carbocycles. The number of aromatic nitrogens is 3. The fraction of sp³-hybridized carbons (Fsp3) is 0.786. The molecule has 0 fully saturated rings. The molecule has 6 nitrogen and oxygen atoms in total. The van der Waals surface area contributed by atoms with Crippen molar-refractivity contribution in [3.8, 4) is 6.01 Å². The Morgan fingerprint density at radius 3 is 2.30 bits per heavy atom. The summed E-state index contributed by atoms with van der Waals surface area (Å²) in [6.07, 6.45) is 1.06. The first-order valence-electron chi connectivity index (χ1n) is 7.41. The summed E-state index contributed by atoms with van der Waals surface area (Å²) < 4.78 is 5.62. The molecule has 6 heteroatoms. The van der Waals surface area contributed by atoms with E-state index in [0.29, 0.717) is 23.9 Å². The molecule has 1 heterocycles.